The Labute approximate surface area is 184 Å². The van der Waals surface area contributed by atoms with Gasteiger partial charge in [0, 0.05) is 23.2 Å². The van der Waals surface area contributed by atoms with Crippen LogP contribution in [0.4, 0.5) is 0 Å². The van der Waals surface area contributed by atoms with E-state index in [1.807, 2.05) is 24.3 Å². The molecule has 1 N–H and O–H groups in total. The lowest BCUT2D eigenvalue weighted by Crippen LogP contribution is -2.32. The maximum absolute atomic E-state index is 12.9. The van der Waals surface area contributed by atoms with Crippen molar-refractivity contribution in [1.29, 1.82) is 0 Å². The van der Waals surface area contributed by atoms with Crippen molar-refractivity contribution >= 4 is 17.5 Å². The van der Waals surface area contributed by atoms with Crippen LogP contribution in [0.3, 0.4) is 0 Å². The number of hydrogen-bond donors (Lipinski definition) is 1. The molecule has 0 aliphatic heterocycles. The summed E-state index contributed by atoms with van der Waals surface area (Å²) in [6.07, 6.45) is 1.92. The van der Waals surface area contributed by atoms with Gasteiger partial charge in [0.1, 0.15) is 11.5 Å². The maximum Gasteiger partial charge on any atom is 0.346 e. The zero-order valence-corrected chi connectivity index (χ0v) is 18.1. The van der Waals surface area contributed by atoms with E-state index in [1.54, 1.807) is 29.9 Å². The van der Waals surface area contributed by atoms with E-state index in [9.17, 15) is 9.59 Å². The summed E-state index contributed by atoms with van der Waals surface area (Å²) in [5.41, 5.74) is 1.00. The third-order valence-corrected chi connectivity index (χ3v) is 5.38. The summed E-state index contributed by atoms with van der Waals surface area (Å²) in [4.78, 5) is 25.5. The van der Waals surface area contributed by atoms with Gasteiger partial charge in [-0.15, -0.1) is 5.10 Å². The summed E-state index contributed by atoms with van der Waals surface area (Å²) in [5.74, 6) is 1.46. The third kappa shape index (κ3) is 4.44. The molecule has 1 heterocycles. The van der Waals surface area contributed by atoms with Crippen molar-refractivity contribution in [3.8, 4) is 22.9 Å². The third-order valence-electron chi connectivity index (χ3n) is 5.15. The highest BCUT2D eigenvalue weighted by Gasteiger charge is 2.30. The summed E-state index contributed by atoms with van der Waals surface area (Å²) in [7, 11) is 3.10. The molecule has 4 rings (SSSR count). The topological polar surface area (TPSA) is 87.4 Å². The fourth-order valence-electron chi connectivity index (χ4n) is 3.39. The van der Waals surface area contributed by atoms with Crippen LogP contribution < -0.4 is 20.5 Å². The number of carbonyl (C=O) groups excluding carboxylic acids is 1. The Balaban J connectivity index is 1.51. The maximum atomic E-state index is 12.9. The first kappa shape index (κ1) is 21.0. The first-order valence-corrected chi connectivity index (χ1v) is 10.3. The van der Waals surface area contributed by atoms with Gasteiger partial charge in [-0.05, 0) is 55.3 Å². The lowest BCUT2D eigenvalue weighted by Gasteiger charge is -2.09. The lowest BCUT2D eigenvalue weighted by molar-refractivity contribution is 0.0948. The van der Waals surface area contributed by atoms with Crippen LogP contribution in [0.25, 0.3) is 11.4 Å². The van der Waals surface area contributed by atoms with Gasteiger partial charge in [0.15, 0.2) is 5.82 Å². The van der Waals surface area contributed by atoms with Gasteiger partial charge >= 0.3 is 5.69 Å². The number of hydrogen-bond acceptors (Lipinski definition) is 5. The number of benzene rings is 2. The molecule has 1 amide bonds. The van der Waals surface area contributed by atoms with E-state index in [4.69, 9.17) is 21.1 Å². The van der Waals surface area contributed by atoms with Gasteiger partial charge < -0.3 is 14.8 Å². The molecular weight excluding hydrogens is 420 g/mol. The second-order valence-electron chi connectivity index (χ2n) is 7.26. The van der Waals surface area contributed by atoms with Gasteiger partial charge in [0.05, 0.1) is 26.3 Å². The summed E-state index contributed by atoms with van der Waals surface area (Å²) in [6, 6.07) is 12.5. The van der Waals surface area contributed by atoms with Crippen molar-refractivity contribution in [2.75, 3.05) is 20.8 Å². The number of aromatic nitrogens is 3. The zero-order valence-electron chi connectivity index (χ0n) is 17.3. The largest absolute Gasteiger partial charge is 0.497 e. The first-order valence-electron chi connectivity index (χ1n) is 9.97. The van der Waals surface area contributed by atoms with Gasteiger partial charge in [-0.1, -0.05) is 11.6 Å². The molecule has 0 unspecified atom stereocenters. The highest BCUT2D eigenvalue weighted by Crippen LogP contribution is 2.36. The van der Waals surface area contributed by atoms with Crippen molar-refractivity contribution < 1.29 is 14.3 Å². The van der Waals surface area contributed by atoms with Crippen LogP contribution in [-0.4, -0.2) is 41.0 Å². The smallest absolute Gasteiger partial charge is 0.346 e. The molecule has 1 fully saturated rings. The Kier molecular flexibility index (Phi) is 5.99. The van der Waals surface area contributed by atoms with Crippen molar-refractivity contribution in [1.82, 2.24) is 19.7 Å². The van der Waals surface area contributed by atoms with Crippen molar-refractivity contribution in [2.24, 2.45) is 0 Å². The van der Waals surface area contributed by atoms with Gasteiger partial charge in [-0.2, -0.15) is 0 Å². The molecule has 1 aliphatic rings. The second-order valence-corrected chi connectivity index (χ2v) is 7.70. The van der Waals surface area contributed by atoms with Crippen LogP contribution in [0.1, 0.15) is 29.2 Å². The quantitative estimate of drug-likeness (QED) is 0.579. The molecule has 2 aromatic carbocycles. The Hall–Kier alpha value is -3.26. The van der Waals surface area contributed by atoms with E-state index >= 15 is 0 Å². The Morgan fingerprint density at radius 2 is 1.90 bits per heavy atom. The lowest BCUT2D eigenvalue weighted by atomic mass is 10.2. The molecule has 1 aliphatic carbocycles. The molecule has 3 aromatic rings. The molecule has 1 saturated carbocycles. The van der Waals surface area contributed by atoms with Crippen LogP contribution >= 0.6 is 11.6 Å². The van der Waals surface area contributed by atoms with E-state index in [0.717, 1.165) is 24.2 Å². The fourth-order valence-corrected chi connectivity index (χ4v) is 3.56. The van der Waals surface area contributed by atoms with E-state index in [-0.39, 0.29) is 30.7 Å². The summed E-state index contributed by atoms with van der Waals surface area (Å²) < 4.78 is 13.6. The highest BCUT2D eigenvalue weighted by molar-refractivity contribution is 6.31. The van der Waals surface area contributed by atoms with Crippen LogP contribution in [0.2, 0.25) is 5.02 Å². The molecule has 0 spiro atoms. The minimum absolute atomic E-state index is 0.170. The standard InChI is InChI=1S/C22H23ClN4O4/c1-30-17-8-3-14(4-9-17)20-25-26(22(29)27(20)16-6-7-16)12-11-24-21(28)18-13-15(23)5-10-19(18)31-2/h3-5,8-10,13,16H,6-7,11-12H2,1-2H3,(H,24,28). The van der Waals surface area contributed by atoms with Crippen LogP contribution in [-0.2, 0) is 6.54 Å². The average molecular weight is 443 g/mol. The van der Waals surface area contributed by atoms with Gasteiger partial charge in [0.25, 0.3) is 5.91 Å². The molecular formula is C22H23ClN4O4. The van der Waals surface area contributed by atoms with E-state index in [2.05, 4.69) is 10.4 Å². The van der Waals surface area contributed by atoms with Gasteiger partial charge in [-0.25, -0.2) is 9.48 Å². The van der Waals surface area contributed by atoms with Crippen molar-refractivity contribution in [3.05, 3.63) is 63.5 Å². The number of rotatable bonds is 8. The molecule has 8 nitrogen and oxygen atoms in total. The minimum Gasteiger partial charge on any atom is -0.497 e. The fraction of sp³-hybridized carbons (Fsp3) is 0.318. The number of nitrogens with one attached hydrogen (secondary N) is 1. The normalized spacial score (nSPS) is 13.1. The SMILES string of the molecule is COc1ccc(-c2nn(CCNC(=O)c3cc(Cl)ccc3OC)c(=O)n2C2CC2)cc1. The molecule has 1 aromatic heterocycles. The van der Waals surface area contributed by atoms with Crippen molar-refractivity contribution in [3.63, 3.8) is 0 Å². The monoisotopic (exact) mass is 442 g/mol. The average Bonchev–Trinajstić information content (AvgIpc) is 3.57. The number of halogens is 1. The van der Waals surface area contributed by atoms with E-state index in [0.29, 0.717) is 22.2 Å². The number of ether oxygens (including phenoxy) is 2. The molecule has 9 heteroatoms. The van der Waals surface area contributed by atoms with E-state index in [1.165, 1.54) is 11.8 Å². The molecule has 31 heavy (non-hydrogen) atoms. The highest BCUT2D eigenvalue weighted by atomic mass is 35.5. The molecule has 0 bridgehead atoms. The Morgan fingerprint density at radius 3 is 2.55 bits per heavy atom. The zero-order chi connectivity index (χ0) is 22.0. The summed E-state index contributed by atoms with van der Waals surface area (Å²) >= 11 is 6.00. The molecule has 0 saturated heterocycles. The Bertz CT molecular complexity index is 1150. The summed E-state index contributed by atoms with van der Waals surface area (Å²) in [5, 5.41) is 7.78. The molecule has 0 radical (unpaired) electrons. The van der Waals surface area contributed by atoms with Gasteiger partial charge in [0.2, 0.25) is 0 Å². The van der Waals surface area contributed by atoms with Crippen LogP contribution in [0.15, 0.2) is 47.3 Å². The number of methoxy groups -OCH3 is 2. The van der Waals surface area contributed by atoms with Crippen LogP contribution in [0, 0.1) is 0 Å². The molecule has 162 valence electrons. The minimum atomic E-state index is -0.329. The number of nitrogens with zero attached hydrogens (tertiary/aromatic N) is 3. The summed E-state index contributed by atoms with van der Waals surface area (Å²) in [6.45, 7) is 0.481. The van der Waals surface area contributed by atoms with E-state index < -0.39 is 0 Å². The van der Waals surface area contributed by atoms with Crippen molar-refractivity contribution in [2.45, 2.75) is 25.4 Å². The van der Waals surface area contributed by atoms with Crippen LogP contribution in [0.5, 0.6) is 11.5 Å². The van der Waals surface area contributed by atoms with Gasteiger partial charge in [-0.3, -0.25) is 9.36 Å². The second kappa shape index (κ2) is 8.85. The first-order chi connectivity index (χ1) is 15.0. The number of amides is 1. The molecule has 0 atom stereocenters. The predicted octanol–water partition coefficient (Wildman–Crippen LogP) is 3.15. The Morgan fingerprint density at radius 1 is 1.16 bits per heavy atom. The number of carbonyl (C=O) groups is 1. The predicted molar refractivity (Wildman–Crippen MR) is 117 cm³/mol.